The number of ether oxygens (including phenoxy) is 2. The monoisotopic (exact) mass is 286 g/mol. The molecule has 1 rings (SSSR count). The van der Waals surface area contributed by atoms with Crippen molar-refractivity contribution in [2.45, 2.75) is 19.8 Å². The Morgan fingerprint density at radius 1 is 1.21 bits per heavy atom. The van der Waals surface area contributed by atoms with Crippen molar-refractivity contribution in [2.24, 2.45) is 0 Å². The predicted octanol–water partition coefficient (Wildman–Crippen LogP) is 3.35. The van der Waals surface area contributed by atoms with Crippen LogP contribution in [0, 0.1) is 0 Å². The van der Waals surface area contributed by atoms with E-state index in [9.17, 15) is 4.79 Å². The van der Waals surface area contributed by atoms with Crippen molar-refractivity contribution in [2.75, 3.05) is 14.2 Å². The summed E-state index contributed by atoms with van der Waals surface area (Å²) >= 11 is 0. The molecule has 0 amide bonds. The van der Waals surface area contributed by atoms with Gasteiger partial charge in [-0.15, -0.1) is 12.4 Å². The number of carboxylic acid groups (broad SMARTS) is 1. The lowest BCUT2D eigenvalue weighted by molar-refractivity contribution is -0.131. The fraction of sp³-hybridized carbons (Fsp3) is 0.357. The molecule has 19 heavy (non-hydrogen) atoms. The maximum absolute atomic E-state index is 10.5. The lowest BCUT2D eigenvalue weighted by Crippen LogP contribution is -1.99. The van der Waals surface area contributed by atoms with Gasteiger partial charge in [0, 0.05) is 11.6 Å². The molecular formula is C14H19ClO4. The summed E-state index contributed by atoms with van der Waals surface area (Å²) in [4.78, 5) is 10.5. The normalized spacial score (nSPS) is 10.4. The van der Waals surface area contributed by atoms with Crippen LogP contribution in [0.15, 0.2) is 18.2 Å². The van der Waals surface area contributed by atoms with Gasteiger partial charge in [0.2, 0.25) is 0 Å². The molecule has 0 aliphatic rings. The number of benzene rings is 1. The Morgan fingerprint density at radius 2 is 1.68 bits per heavy atom. The molecule has 1 aromatic carbocycles. The molecule has 5 heteroatoms. The zero-order chi connectivity index (χ0) is 13.7. The van der Waals surface area contributed by atoms with Crippen molar-refractivity contribution < 1.29 is 19.4 Å². The van der Waals surface area contributed by atoms with Gasteiger partial charge in [0.25, 0.3) is 0 Å². The fourth-order valence-corrected chi connectivity index (χ4v) is 1.79. The summed E-state index contributed by atoms with van der Waals surface area (Å²) in [6.45, 7) is 4.10. The Bertz CT molecular complexity index is 442. The molecule has 0 aliphatic carbocycles. The van der Waals surface area contributed by atoms with E-state index < -0.39 is 5.97 Å². The summed E-state index contributed by atoms with van der Waals surface area (Å²) in [7, 11) is 3.18. The average Bonchev–Trinajstić information content (AvgIpc) is 2.34. The van der Waals surface area contributed by atoms with E-state index in [1.807, 2.05) is 13.8 Å². The number of carboxylic acids is 1. The number of hydrogen-bond acceptors (Lipinski definition) is 3. The molecule has 0 fully saturated rings. The largest absolute Gasteiger partial charge is 0.496 e. The van der Waals surface area contributed by atoms with Gasteiger partial charge in [-0.05, 0) is 29.7 Å². The van der Waals surface area contributed by atoms with E-state index in [2.05, 4.69) is 0 Å². The van der Waals surface area contributed by atoms with Crippen molar-refractivity contribution in [1.29, 1.82) is 0 Å². The van der Waals surface area contributed by atoms with Gasteiger partial charge in [-0.2, -0.15) is 0 Å². The van der Waals surface area contributed by atoms with Crippen LogP contribution in [-0.2, 0) is 4.79 Å². The molecule has 0 radical (unpaired) electrons. The number of methoxy groups -OCH3 is 2. The van der Waals surface area contributed by atoms with Crippen LogP contribution < -0.4 is 9.47 Å². The second-order valence-electron chi connectivity index (χ2n) is 4.17. The van der Waals surface area contributed by atoms with Crippen molar-refractivity contribution in [1.82, 2.24) is 0 Å². The lowest BCUT2D eigenvalue weighted by Gasteiger charge is -2.17. The maximum Gasteiger partial charge on any atom is 0.328 e. The molecule has 106 valence electrons. The summed E-state index contributed by atoms with van der Waals surface area (Å²) in [6.07, 6.45) is 2.60. The highest BCUT2D eigenvalue weighted by Gasteiger charge is 2.14. The van der Waals surface area contributed by atoms with E-state index in [-0.39, 0.29) is 18.3 Å². The van der Waals surface area contributed by atoms with Crippen LogP contribution in [0.1, 0.15) is 30.9 Å². The minimum atomic E-state index is -0.985. The first-order valence-electron chi connectivity index (χ1n) is 5.66. The van der Waals surface area contributed by atoms with Gasteiger partial charge in [-0.1, -0.05) is 13.8 Å². The van der Waals surface area contributed by atoms with Gasteiger partial charge in [-0.25, -0.2) is 4.79 Å². The smallest absolute Gasteiger partial charge is 0.328 e. The van der Waals surface area contributed by atoms with E-state index >= 15 is 0 Å². The second kappa shape index (κ2) is 7.69. The number of halogens is 1. The molecule has 0 saturated carbocycles. The van der Waals surface area contributed by atoms with Gasteiger partial charge >= 0.3 is 5.97 Å². The SMILES string of the molecule is COc1cc(C=CC(=O)O)cc(OC)c1C(C)C.Cl. The van der Waals surface area contributed by atoms with Gasteiger partial charge in [0.1, 0.15) is 11.5 Å². The second-order valence-corrected chi connectivity index (χ2v) is 4.17. The average molecular weight is 287 g/mol. The van der Waals surface area contributed by atoms with Crippen LogP contribution in [0.4, 0.5) is 0 Å². The Balaban J connectivity index is 0.00000324. The highest BCUT2D eigenvalue weighted by Crippen LogP contribution is 2.36. The number of carbonyl (C=O) groups is 1. The number of aliphatic carboxylic acids is 1. The third-order valence-electron chi connectivity index (χ3n) is 2.56. The summed E-state index contributed by atoms with van der Waals surface area (Å²) in [5.41, 5.74) is 1.71. The number of rotatable bonds is 5. The molecule has 0 aliphatic heterocycles. The predicted molar refractivity (Wildman–Crippen MR) is 77.6 cm³/mol. The lowest BCUT2D eigenvalue weighted by atomic mass is 9.98. The van der Waals surface area contributed by atoms with Crippen molar-refractivity contribution in [3.05, 3.63) is 29.3 Å². The minimum Gasteiger partial charge on any atom is -0.496 e. The first kappa shape index (κ1) is 17.3. The van der Waals surface area contributed by atoms with Crippen molar-refractivity contribution in [3.8, 4) is 11.5 Å². The molecular weight excluding hydrogens is 268 g/mol. The van der Waals surface area contributed by atoms with Crippen LogP contribution in [0.3, 0.4) is 0 Å². The zero-order valence-electron chi connectivity index (χ0n) is 11.5. The zero-order valence-corrected chi connectivity index (χ0v) is 12.3. The van der Waals surface area contributed by atoms with E-state index in [1.165, 1.54) is 6.08 Å². The van der Waals surface area contributed by atoms with Crippen LogP contribution in [-0.4, -0.2) is 25.3 Å². The molecule has 0 heterocycles. The van der Waals surface area contributed by atoms with Crippen LogP contribution in [0.5, 0.6) is 11.5 Å². The molecule has 0 spiro atoms. The highest BCUT2D eigenvalue weighted by molar-refractivity contribution is 5.85. The van der Waals surface area contributed by atoms with Gasteiger partial charge in [-0.3, -0.25) is 0 Å². The van der Waals surface area contributed by atoms with Gasteiger partial charge in [0.05, 0.1) is 14.2 Å². The third kappa shape index (κ3) is 4.48. The first-order chi connectivity index (χ1) is 8.49. The van der Waals surface area contributed by atoms with Gasteiger partial charge in [0.15, 0.2) is 0 Å². The Kier molecular flexibility index (Phi) is 7.01. The molecule has 0 unspecified atom stereocenters. The Morgan fingerprint density at radius 3 is 2.00 bits per heavy atom. The Hall–Kier alpha value is -1.68. The molecule has 1 N–H and O–H groups in total. The fourth-order valence-electron chi connectivity index (χ4n) is 1.79. The topological polar surface area (TPSA) is 55.8 Å². The molecule has 0 aromatic heterocycles. The third-order valence-corrected chi connectivity index (χ3v) is 2.56. The van der Waals surface area contributed by atoms with Crippen LogP contribution in [0.25, 0.3) is 6.08 Å². The van der Waals surface area contributed by atoms with Crippen molar-refractivity contribution >= 4 is 24.5 Å². The van der Waals surface area contributed by atoms with Gasteiger partial charge < -0.3 is 14.6 Å². The summed E-state index contributed by atoms with van der Waals surface area (Å²) in [6, 6.07) is 3.61. The summed E-state index contributed by atoms with van der Waals surface area (Å²) < 4.78 is 10.7. The minimum absolute atomic E-state index is 0. The van der Waals surface area contributed by atoms with E-state index in [4.69, 9.17) is 14.6 Å². The standard InChI is InChI=1S/C14H18O4.ClH/c1-9(2)14-11(17-3)7-10(5-6-13(15)16)8-12(14)18-4;/h5-9H,1-4H3,(H,15,16);1H. The number of hydrogen-bond donors (Lipinski definition) is 1. The van der Waals surface area contributed by atoms with E-state index in [1.54, 1.807) is 26.4 Å². The summed E-state index contributed by atoms with van der Waals surface area (Å²) in [5, 5.41) is 8.62. The quantitative estimate of drug-likeness (QED) is 0.844. The van der Waals surface area contributed by atoms with E-state index in [0.717, 1.165) is 17.2 Å². The molecule has 0 bridgehead atoms. The van der Waals surface area contributed by atoms with Crippen LogP contribution >= 0.6 is 12.4 Å². The first-order valence-corrected chi connectivity index (χ1v) is 5.66. The molecule has 1 aromatic rings. The molecule has 0 atom stereocenters. The molecule has 4 nitrogen and oxygen atoms in total. The highest BCUT2D eigenvalue weighted by atomic mass is 35.5. The van der Waals surface area contributed by atoms with E-state index in [0.29, 0.717) is 11.5 Å². The van der Waals surface area contributed by atoms with Crippen molar-refractivity contribution in [3.63, 3.8) is 0 Å². The Labute approximate surface area is 119 Å². The summed E-state index contributed by atoms with van der Waals surface area (Å²) in [5.74, 6) is 0.678. The molecule has 0 saturated heterocycles. The van der Waals surface area contributed by atoms with Crippen LogP contribution in [0.2, 0.25) is 0 Å². The maximum atomic E-state index is 10.5.